The molecule has 2 atom stereocenters. The Hall–Kier alpha value is -1.16. The number of aryl methyl sites for hydroxylation is 2. The fourth-order valence-corrected chi connectivity index (χ4v) is 4.20. The van der Waals surface area contributed by atoms with Crippen molar-refractivity contribution in [3.8, 4) is 0 Å². The third-order valence-corrected chi connectivity index (χ3v) is 5.66. The summed E-state index contributed by atoms with van der Waals surface area (Å²) in [5.74, 6) is 3.00. The minimum absolute atomic E-state index is 0.513. The Balaban J connectivity index is 2.02. The summed E-state index contributed by atoms with van der Waals surface area (Å²) in [5.41, 5.74) is 7.40. The molecule has 1 fully saturated rings. The molecule has 1 aliphatic rings. The molecule has 0 saturated heterocycles. The molecule has 2 N–H and O–H groups in total. The first-order chi connectivity index (χ1) is 9.10. The number of fused-ring (bicyclic) bond motifs is 1. The highest BCUT2D eigenvalue weighted by molar-refractivity contribution is 7.18. The third-order valence-electron chi connectivity index (χ3n) is 4.56. The smallest absolute Gasteiger partial charge is 0.136 e. The largest absolute Gasteiger partial charge is 0.383 e. The van der Waals surface area contributed by atoms with Crippen LogP contribution in [-0.2, 0) is 0 Å². The van der Waals surface area contributed by atoms with Gasteiger partial charge in [0.25, 0.3) is 0 Å². The van der Waals surface area contributed by atoms with Crippen molar-refractivity contribution in [2.45, 2.75) is 52.4 Å². The lowest BCUT2D eigenvalue weighted by molar-refractivity contribution is 0.517. The van der Waals surface area contributed by atoms with Crippen LogP contribution >= 0.6 is 11.3 Å². The molecule has 102 valence electrons. The van der Waals surface area contributed by atoms with E-state index in [4.69, 9.17) is 10.7 Å². The van der Waals surface area contributed by atoms with Crippen LogP contribution < -0.4 is 5.73 Å². The van der Waals surface area contributed by atoms with Crippen LogP contribution in [0.3, 0.4) is 0 Å². The lowest BCUT2D eigenvalue weighted by Crippen LogP contribution is -2.04. The van der Waals surface area contributed by atoms with Crippen LogP contribution in [0.1, 0.15) is 54.8 Å². The summed E-state index contributed by atoms with van der Waals surface area (Å²) >= 11 is 1.74. The minimum Gasteiger partial charge on any atom is -0.383 e. The summed E-state index contributed by atoms with van der Waals surface area (Å²) < 4.78 is 0. The maximum Gasteiger partial charge on any atom is 0.136 e. The van der Waals surface area contributed by atoms with E-state index < -0.39 is 0 Å². The van der Waals surface area contributed by atoms with Gasteiger partial charge in [0.2, 0.25) is 0 Å². The Labute approximate surface area is 118 Å². The quantitative estimate of drug-likeness (QED) is 0.894. The number of thiophene rings is 1. The molecule has 19 heavy (non-hydrogen) atoms. The van der Waals surface area contributed by atoms with Gasteiger partial charge in [-0.05, 0) is 44.6 Å². The highest BCUT2D eigenvalue weighted by Gasteiger charge is 2.27. The minimum atomic E-state index is 0.513. The predicted molar refractivity (Wildman–Crippen MR) is 81.7 cm³/mol. The zero-order valence-corrected chi connectivity index (χ0v) is 12.7. The van der Waals surface area contributed by atoms with Crippen molar-refractivity contribution < 1.29 is 0 Å². The lowest BCUT2D eigenvalue weighted by atomic mass is 10.0. The van der Waals surface area contributed by atoms with Gasteiger partial charge in [0.15, 0.2) is 0 Å². The van der Waals surface area contributed by atoms with E-state index in [9.17, 15) is 0 Å². The van der Waals surface area contributed by atoms with Crippen molar-refractivity contribution in [2.24, 2.45) is 5.92 Å². The van der Waals surface area contributed by atoms with Gasteiger partial charge in [0, 0.05) is 10.8 Å². The number of hydrogen-bond donors (Lipinski definition) is 1. The molecule has 2 unspecified atom stereocenters. The average molecular weight is 275 g/mol. The SMILES string of the molecule is CCC1CCC(c2nc(N)c3c(C)c(C)sc3n2)C1. The van der Waals surface area contributed by atoms with Crippen molar-refractivity contribution >= 4 is 27.4 Å². The van der Waals surface area contributed by atoms with E-state index in [0.29, 0.717) is 11.7 Å². The molecule has 0 radical (unpaired) electrons. The van der Waals surface area contributed by atoms with Crippen LogP contribution in [-0.4, -0.2) is 9.97 Å². The molecule has 4 heteroatoms. The van der Waals surface area contributed by atoms with Crippen molar-refractivity contribution in [3.63, 3.8) is 0 Å². The summed E-state index contributed by atoms with van der Waals surface area (Å²) in [6.45, 7) is 6.51. The van der Waals surface area contributed by atoms with Crippen LogP contribution in [0.25, 0.3) is 10.2 Å². The predicted octanol–water partition coefficient (Wildman–Crippen LogP) is 4.18. The van der Waals surface area contributed by atoms with Gasteiger partial charge in [-0.15, -0.1) is 11.3 Å². The summed E-state index contributed by atoms with van der Waals surface area (Å²) in [7, 11) is 0. The zero-order chi connectivity index (χ0) is 13.6. The molecular weight excluding hydrogens is 254 g/mol. The van der Waals surface area contributed by atoms with Gasteiger partial charge in [0.05, 0.1) is 5.39 Å². The van der Waals surface area contributed by atoms with E-state index in [2.05, 4.69) is 25.8 Å². The van der Waals surface area contributed by atoms with Crippen LogP contribution in [0, 0.1) is 19.8 Å². The van der Waals surface area contributed by atoms with Gasteiger partial charge in [0.1, 0.15) is 16.5 Å². The van der Waals surface area contributed by atoms with E-state index in [1.54, 1.807) is 11.3 Å². The molecule has 2 aromatic rings. The second-order valence-electron chi connectivity index (χ2n) is 5.71. The topological polar surface area (TPSA) is 51.8 Å². The Kier molecular flexibility index (Phi) is 3.21. The molecule has 0 spiro atoms. The molecule has 2 heterocycles. The van der Waals surface area contributed by atoms with E-state index in [1.807, 2.05) is 0 Å². The van der Waals surface area contributed by atoms with E-state index in [1.165, 1.54) is 36.1 Å². The van der Waals surface area contributed by atoms with Crippen LogP contribution in [0.5, 0.6) is 0 Å². The van der Waals surface area contributed by atoms with Crippen molar-refractivity contribution in [1.82, 2.24) is 9.97 Å². The molecular formula is C15H21N3S. The average Bonchev–Trinajstić information content (AvgIpc) is 2.95. The summed E-state index contributed by atoms with van der Waals surface area (Å²) in [6, 6.07) is 0. The highest BCUT2D eigenvalue weighted by atomic mass is 32.1. The Morgan fingerprint density at radius 3 is 2.74 bits per heavy atom. The van der Waals surface area contributed by atoms with E-state index >= 15 is 0 Å². The maximum atomic E-state index is 6.16. The Morgan fingerprint density at radius 1 is 1.26 bits per heavy atom. The highest BCUT2D eigenvalue weighted by Crippen LogP contribution is 2.40. The normalized spacial score (nSPS) is 23.3. The standard InChI is InChI=1S/C15H21N3S/c1-4-10-5-6-11(7-10)14-17-13(16)12-8(2)9(3)19-15(12)18-14/h10-11H,4-7H2,1-3H3,(H2,16,17,18). The van der Waals surface area contributed by atoms with Crippen molar-refractivity contribution in [1.29, 1.82) is 0 Å². The lowest BCUT2D eigenvalue weighted by Gasteiger charge is -2.10. The second kappa shape index (κ2) is 4.75. The fraction of sp³-hybridized carbons (Fsp3) is 0.600. The Bertz CT molecular complexity index is 617. The summed E-state index contributed by atoms with van der Waals surface area (Å²) in [6.07, 6.45) is 5.02. The van der Waals surface area contributed by atoms with Crippen molar-refractivity contribution in [3.05, 3.63) is 16.3 Å². The Morgan fingerprint density at radius 2 is 2.05 bits per heavy atom. The molecule has 1 aliphatic carbocycles. The van der Waals surface area contributed by atoms with Gasteiger partial charge in [-0.1, -0.05) is 13.3 Å². The molecule has 0 bridgehead atoms. The molecule has 0 amide bonds. The molecule has 0 aromatic carbocycles. The molecule has 3 rings (SSSR count). The molecule has 0 aliphatic heterocycles. The molecule has 2 aromatic heterocycles. The van der Waals surface area contributed by atoms with Crippen molar-refractivity contribution in [2.75, 3.05) is 5.73 Å². The van der Waals surface area contributed by atoms with E-state index in [0.717, 1.165) is 22.0 Å². The van der Waals surface area contributed by atoms with Gasteiger partial charge in [-0.25, -0.2) is 9.97 Å². The summed E-state index contributed by atoms with van der Waals surface area (Å²) in [5, 5.41) is 1.07. The first kappa shape index (κ1) is 12.9. The first-order valence-corrected chi connectivity index (χ1v) is 7.94. The van der Waals surface area contributed by atoms with Crippen LogP contribution in [0.4, 0.5) is 5.82 Å². The van der Waals surface area contributed by atoms with Gasteiger partial charge >= 0.3 is 0 Å². The van der Waals surface area contributed by atoms with Crippen LogP contribution in [0.2, 0.25) is 0 Å². The number of hydrogen-bond acceptors (Lipinski definition) is 4. The number of anilines is 1. The molecule has 3 nitrogen and oxygen atoms in total. The number of aromatic nitrogens is 2. The zero-order valence-electron chi connectivity index (χ0n) is 11.9. The molecule has 1 saturated carbocycles. The number of nitrogens with zero attached hydrogens (tertiary/aromatic N) is 2. The second-order valence-corrected chi connectivity index (χ2v) is 6.92. The number of nitrogen functional groups attached to an aromatic ring is 1. The summed E-state index contributed by atoms with van der Waals surface area (Å²) in [4.78, 5) is 11.8. The first-order valence-electron chi connectivity index (χ1n) is 7.13. The number of rotatable bonds is 2. The monoisotopic (exact) mass is 275 g/mol. The van der Waals surface area contributed by atoms with E-state index in [-0.39, 0.29) is 0 Å². The van der Waals surface area contributed by atoms with Crippen LogP contribution in [0.15, 0.2) is 0 Å². The number of nitrogens with two attached hydrogens (primary N) is 1. The third kappa shape index (κ3) is 2.12. The fourth-order valence-electron chi connectivity index (χ4n) is 3.16. The van der Waals surface area contributed by atoms with Gasteiger partial charge in [-0.2, -0.15) is 0 Å². The van der Waals surface area contributed by atoms with Gasteiger partial charge < -0.3 is 5.73 Å². The maximum absolute atomic E-state index is 6.16. The van der Waals surface area contributed by atoms with Gasteiger partial charge in [-0.3, -0.25) is 0 Å².